The average molecular weight is 398 g/mol. The zero-order valence-electron chi connectivity index (χ0n) is 13.3. The van der Waals surface area contributed by atoms with Gasteiger partial charge in [0, 0.05) is 22.4 Å². The number of hydrogen-bond donors (Lipinski definition) is 2. The summed E-state index contributed by atoms with van der Waals surface area (Å²) in [7, 11) is 0. The second-order valence-electron chi connectivity index (χ2n) is 5.52. The largest absolute Gasteiger partial charge is 0.465 e. The predicted octanol–water partition coefficient (Wildman–Crippen LogP) is 4.34. The first kappa shape index (κ1) is 19.9. The topological polar surface area (TPSA) is 83.5 Å². The highest BCUT2D eigenvalue weighted by Crippen LogP contribution is 2.33. The summed E-state index contributed by atoms with van der Waals surface area (Å²) in [4.78, 5) is 33.4. The highest BCUT2D eigenvalue weighted by atomic mass is 35.5. The van der Waals surface area contributed by atoms with Crippen molar-refractivity contribution in [3.63, 3.8) is 0 Å². The van der Waals surface area contributed by atoms with Gasteiger partial charge in [0.15, 0.2) is 0 Å². The van der Waals surface area contributed by atoms with Crippen LogP contribution < -0.4 is 5.32 Å². The molecule has 0 fully saturated rings. The van der Waals surface area contributed by atoms with E-state index in [1.807, 2.05) is 0 Å². The third-order valence-corrected chi connectivity index (χ3v) is 4.43. The van der Waals surface area contributed by atoms with E-state index in [0.717, 1.165) is 0 Å². The lowest BCUT2D eigenvalue weighted by Crippen LogP contribution is -2.35. The number of rotatable bonds is 6. The normalized spacial score (nSPS) is 11.7. The summed E-state index contributed by atoms with van der Waals surface area (Å²) in [6.07, 6.45) is -1.15. The molecule has 0 saturated carbocycles. The van der Waals surface area contributed by atoms with Crippen LogP contribution in [0.5, 0.6) is 0 Å². The summed E-state index contributed by atoms with van der Waals surface area (Å²) in [5, 5.41) is 10.9. The molecule has 0 aliphatic heterocycles. The van der Waals surface area contributed by atoms with Gasteiger partial charge in [0.25, 0.3) is 0 Å². The monoisotopic (exact) mass is 397 g/mol. The molecular formula is C18H14Cl2FNO4. The second-order valence-corrected chi connectivity index (χ2v) is 6.34. The number of halogens is 3. The molecule has 0 radical (unpaired) electrons. The quantitative estimate of drug-likeness (QED) is 0.709. The fourth-order valence-corrected chi connectivity index (χ4v) is 3.10. The van der Waals surface area contributed by atoms with Crippen LogP contribution in [0, 0.1) is 11.7 Å². The van der Waals surface area contributed by atoms with E-state index in [4.69, 9.17) is 28.3 Å². The van der Waals surface area contributed by atoms with Gasteiger partial charge in [0.05, 0.1) is 0 Å². The van der Waals surface area contributed by atoms with Crippen LogP contribution >= 0.6 is 23.2 Å². The summed E-state index contributed by atoms with van der Waals surface area (Å²) < 4.78 is 13.0. The van der Waals surface area contributed by atoms with Crippen LogP contribution in [0.1, 0.15) is 12.0 Å². The molecule has 1 atom stereocenters. The van der Waals surface area contributed by atoms with E-state index in [2.05, 4.69) is 0 Å². The van der Waals surface area contributed by atoms with Crippen molar-refractivity contribution in [1.29, 1.82) is 0 Å². The molecule has 0 aliphatic rings. The highest BCUT2D eigenvalue weighted by Gasteiger charge is 2.23. The van der Waals surface area contributed by atoms with Crippen molar-refractivity contribution in [3.05, 3.63) is 57.8 Å². The molecule has 2 amide bonds. The van der Waals surface area contributed by atoms with Crippen LogP contribution in [-0.4, -0.2) is 23.4 Å². The fourth-order valence-electron chi connectivity index (χ4n) is 2.46. The molecule has 0 saturated heterocycles. The number of carbonyl (C=O) groups is 3. The van der Waals surface area contributed by atoms with Crippen LogP contribution in [0.3, 0.4) is 0 Å². The minimum Gasteiger partial charge on any atom is -0.465 e. The van der Waals surface area contributed by atoms with Gasteiger partial charge >= 0.3 is 6.09 Å². The molecule has 0 aromatic heterocycles. The van der Waals surface area contributed by atoms with Crippen LogP contribution in [0.25, 0.3) is 11.1 Å². The first-order valence-electron chi connectivity index (χ1n) is 7.53. The first-order valence-corrected chi connectivity index (χ1v) is 8.28. The first-order chi connectivity index (χ1) is 12.3. The third kappa shape index (κ3) is 5.03. The zero-order valence-corrected chi connectivity index (χ0v) is 14.9. The fraction of sp³-hybridized carbons (Fsp3) is 0.167. The molecule has 2 aromatic carbocycles. The maximum absolute atomic E-state index is 13.0. The van der Waals surface area contributed by atoms with Crippen LogP contribution in [0.4, 0.5) is 9.18 Å². The molecule has 0 heterocycles. The van der Waals surface area contributed by atoms with Gasteiger partial charge in [-0.15, -0.1) is 0 Å². The van der Waals surface area contributed by atoms with Gasteiger partial charge in [-0.25, -0.2) is 9.18 Å². The molecule has 8 heteroatoms. The van der Waals surface area contributed by atoms with Crippen molar-refractivity contribution in [2.75, 3.05) is 0 Å². The minimum absolute atomic E-state index is 0.000776. The number of benzene rings is 2. The Balaban J connectivity index is 2.31. The molecule has 2 N–H and O–H groups in total. The summed E-state index contributed by atoms with van der Waals surface area (Å²) in [6.45, 7) is 0. The van der Waals surface area contributed by atoms with Crippen LogP contribution in [-0.2, 0) is 16.0 Å². The second kappa shape index (κ2) is 8.78. The highest BCUT2D eigenvalue weighted by molar-refractivity contribution is 6.36. The lowest BCUT2D eigenvalue weighted by atomic mass is 9.94. The molecule has 0 aliphatic carbocycles. The van der Waals surface area contributed by atoms with Crippen LogP contribution in [0.15, 0.2) is 36.4 Å². The van der Waals surface area contributed by atoms with E-state index in [9.17, 15) is 18.8 Å². The molecule has 5 nitrogen and oxygen atoms in total. The van der Waals surface area contributed by atoms with Gasteiger partial charge < -0.3 is 9.90 Å². The Labute approximate surface area is 158 Å². The number of aldehydes is 1. The Kier molecular flexibility index (Phi) is 6.71. The Bertz CT molecular complexity index is 817. The molecule has 0 unspecified atom stereocenters. The van der Waals surface area contributed by atoms with Gasteiger partial charge in [0.1, 0.15) is 12.1 Å². The van der Waals surface area contributed by atoms with Gasteiger partial charge in [0.2, 0.25) is 5.91 Å². The smallest absolute Gasteiger partial charge is 0.411 e. The predicted molar refractivity (Wildman–Crippen MR) is 95.9 cm³/mol. The Morgan fingerprint density at radius 3 is 2.19 bits per heavy atom. The van der Waals surface area contributed by atoms with Gasteiger partial charge in [-0.1, -0.05) is 35.3 Å². The summed E-state index contributed by atoms with van der Waals surface area (Å²) in [5.74, 6) is -2.10. The van der Waals surface area contributed by atoms with E-state index in [0.29, 0.717) is 23.0 Å². The summed E-state index contributed by atoms with van der Waals surface area (Å²) in [6, 6.07) is 8.99. The number of hydrogen-bond acceptors (Lipinski definition) is 3. The maximum Gasteiger partial charge on any atom is 0.411 e. The van der Waals surface area contributed by atoms with E-state index >= 15 is 0 Å². The van der Waals surface area contributed by atoms with Gasteiger partial charge in [-0.3, -0.25) is 10.1 Å². The number of amides is 2. The zero-order chi connectivity index (χ0) is 19.3. The van der Waals surface area contributed by atoms with Crippen molar-refractivity contribution < 1.29 is 23.9 Å². The van der Waals surface area contributed by atoms with E-state index in [1.54, 1.807) is 29.6 Å². The number of carboxylic acid groups (broad SMARTS) is 1. The van der Waals surface area contributed by atoms with E-state index < -0.39 is 17.9 Å². The Morgan fingerprint density at radius 1 is 1.12 bits per heavy atom. The Morgan fingerprint density at radius 2 is 1.69 bits per heavy atom. The lowest BCUT2D eigenvalue weighted by Gasteiger charge is -2.16. The van der Waals surface area contributed by atoms with Gasteiger partial charge in [-0.2, -0.15) is 0 Å². The van der Waals surface area contributed by atoms with Crippen molar-refractivity contribution in [3.8, 4) is 11.1 Å². The SMILES string of the molecule is O=CC[C@@H](Cc1c(Cl)cc(-c2ccc(F)cc2)cc1Cl)C(=O)NC(=O)O. The van der Waals surface area contributed by atoms with Crippen molar-refractivity contribution >= 4 is 41.5 Å². The molecule has 0 spiro atoms. The number of nitrogens with one attached hydrogen (secondary N) is 1. The molecule has 2 aromatic rings. The van der Waals surface area contributed by atoms with Crippen molar-refractivity contribution in [2.24, 2.45) is 5.92 Å². The van der Waals surface area contributed by atoms with Crippen molar-refractivity contribution in [1.82, 2.24) is 5.32 Å². The standard InChI is InChI=1S/C18H14Cl2FNO4/c19-15-8-12(10-1-3-13(21)4-2-10)9-16(20)14(15)7-11(5-6-23)17(24)22-18(25)26/h1-4,6,8-9,11H,5,7H2,(H,22,24)(H,25,26)/t11-/m0/s1. The molecule has 136 valence electrons. The molecular weight excluding hydrogens is 384 g/mol. The third-order valence-electron chi connectivity index (χ3n) is 3.75. The summed E-state index contributed by atoms with van der Waals surface area (Å²) in [5.41, 5.74) is 1.78. The van der Waals surface area contributed by atoms with E-state index in [1.165, 1.54) is 12.1 Å². The number of imide groups is 1. The lowest BCUT2D eigenvalue weighted by molar-refractivity contribution is -0.126. The molecule has 26 heavy (non-hydrogen) atoms. The Hall–Kier alpha value is -2.44. The van der Waals surface area contributed by atoms with Crippen molar-refractivity contribution in [2.45, 2.75) is 12.8 Å². The molecule has 0 bridgehead atoms. The van der Waals surface area contributed by atoms with E-state index in [-0.39, 0.29) is 28.7 Å². The number of carbonyl (C=O) groups excluding carboxylic acids is 2. The maximum atomic E-state index is 13.0. The van der Waals surface area contributed by atoms with Gasteiger partial charge in [-0.05, 0) is 47.4 Å². The molecule has 2 rings (SSSR count). The average Bonchev–Trinajstić information content (AvgIpc) is 2.56. The summed E-state index contributed by atoms with van der Waals surface area (Å²) >= 11 is 12.6. The minimum atomic E-state index is -1.50. The van der Waals surface area contributed by atoms with Crippen LogP contribution in [0.2, 0.25) is 10.0 Å².